The molecule has 3 N–H and O–H groups in total. The lowest BCUT2D eigenvalue weighted by atomic mass is 10.2. The molecular weight excluding hydrogens is 298 g/mol. The molecule has 5 nitrogen and oxygen atoms in total. The molecule has 1 amide bonds. The van der Waals surface area contributed by atoms with Crippen LogP contribution in [0.3, 0.4) is 0 Å². The quantitative estimate of drug-likeness (QED) is 0.585. The van der Waals surface area contributed by atoms with Gasteiger partial charge in [-0.3, -0.25) is 15.6 Å². The molecule has 1 rings (SSSR count). The second-order valence-electron chi connectivity index (χ2n) is 4.50. The fourth-order valence-electron chi connectivity index (χ4n) is 1.32. The number of thiocarbonyl (C=S) groups is 1. The Morgan fingerprint density at radius 2 is 2.10 bits per heavy atom. The summed E-state index contributed by atoms with van der Waals surface area (Å²) in [5.74, 6) is 0.260. The van der Waals surface area contributed by atoms with Gasteiger partial charge in [-0.25, -0.2) is 0 Å². The monoisotopic (exact) mass is 315 g/mol. The molecule has 1 aromatic rings. The van der Waals surface area contributed by atoms with E-state index in [2.05, 4.69) is 16.2 Å². The normalized spacial score (nSPS) is 10.1. The van der Waals surface area contributed by atoms with E-state index in [0.29, 0.717) is 15.9 Å². The van der Waals surface area contributed by atoms with Crippen LogP contribution in [0.15, 0.2) is 18.2 Å². The number of benzene rings is 1. The number of aryl methyl sites for hydroxylation is 1. The molecule has 0 aliphatic carbocycles. The van der Waals surface area contributed by atoms with Gasteiger partial charge in [-0.2, -0.15) is 0 Å². The number of carbonyl (C=O) groups excluding carboxylic acids is 1. The molecule has 0 atom stereocenters. The van der Waals surface area contributed by atoms with Crippen LogP contribution in [0, 0.1) is 6.92 Å². The number of ether oxygens (including phenoxy) is 1. The number of carbonyl (C=O) groups is 1. The zero-order valence-electron chi connectivity index (χ0n) is 11.6. The molecule has 0 aliphatic heterocycles. The smallest absolute Gasteiger partial charge is 0.276 e. The van der Waals surface area contributed by atoms with Crippen molar-refractivity contribution >= 4 is 34.8 Å². The van der Waals surface area contributed by atoms with E-state index in [4.69, 9.17) is 28.6 Å². The standard InChI is InChI=1S/C13H18ClN3O2S/c1-8(2)15-13(20)17-16-12(18)7-19-10-4-5-11(14)9(3)6-10/h4-6,8H,7H2,1-3H3,(H,16,18)(H2,15,17,20). The molecular formula is C13H18ClN3O2S. The number of hydrazine groups is 1. The Balaban J connectivity index is 2.32. The predicted octanol–water partition coefficient (Wildman–Crippen LogP) is 1.93. The number of hydrogen-bond donors (Lipinski definition) is 3. The lowest BCUT2D eigenvalue weighted by Crippen LogP contribution is -2.49. The molecule has 0 aromatic heterocycles. The van der Waals surface area contributed by atoms with Gasteiger partial charge >= 0.3 is 0 Å². The van der Waals surface area contributed by atoms with E-state index in [1.54, 1.807) is 18.2 Å². The maximum atomic E-state index is 11.5. The maximum Gasteiger partial charge on any atom is 0.276 e. The van der Waals surface area contributed by atoms with Gasteiger partial charge in [0.05, 0.1) is 0 Å². The van der Waals surface area contributed by atoms with Gasteiger partial charge in [0.2, 0.25) is 0 Å². The third-order valence-electron chi connectivity index (χ3n) is 2.23. The second kappa shape index (κ2) is 7.91. The molecule has 0 heterocycles. The minimum atomic E-state index is -0.328. The van der Waals surface area contributed by atoms with Crippen LogP contribution in [0.1, 0.15) is 19.4 Å². The highest BCUT2D eigenvalue weighted by Crippen LogP contribution is 2.20. The average Bonchev–Trinajstić information content (AvgIpc) is 2.37. The van der Waals surface area contributed by atoms with Gasteiger partial charge < -0.3 is 10.1 Å². The van der Waals surface area contributed by atoms with Gasteiger partial charge in [0.25, 0.3) is 5.91 Å². The zero-order valence-corrected chi connectivity index (χ0v) is 13.2. The Labute approximate surface area is 129 Å². The van der Waals surface area contributed by atoms with Crippen LogP contribution in [0.25, 0.3) is 0 Å². The third kappa shape index (κ3) is 6.08. The summed E-state index contributed by atoms with van der Waals surface area (Å²) >= 11 is 10.9. The molecule has 0 radical (unpaired) electrons. The van der Waals surface area contributed by atoms with Crippen LogP contribution in [0.2, 0.25) is 5.02 Å². The van der Waals surface area contributed by atoms with Gasteiger partial charge in [0, 0.05) is 11.1 Å². The van der Waals surface area contributed by atoms with Gasteiger partial charge in [-0.1, -0.05) is 11.6 Å². The molecule has 0 fully saturated rings. The summed E-state index contributed by atoms with van der Waals surface area (Å²) in [6.45, 7) is 5.65. The third-order valence-corrected chi connectivity index (χ3v) is 2.88. The van der Waals surface area contributed by atoms with Gasteiger partial charge in [0.1, 0.15) is 5.75 Å². The van der Waals surface area contributed by atoms with Crippen molar-refractivity contribution in [1.82, 2.24) is 16.2 Å². The van der Waals surface area contributed by atoms with Crippen molar-refractivity contribution in [2.45, 2.75) is 26.8 Å². The Morgan fingerprint density at radius 1 is 1.40 bits per heavy atom. The molecule has 20 heavy (non-hydrogen) atoms. The van der Waals surface area contributed by atoms with E-state index < -0.39 is 0 Å². The van der Waals surface area contributed by atoms with Crippen LogP contribution in [0.4, 0.5) is 0 Å². The summed E-state index contributed by atoms with van der Waals surface area (Å²) in [4.78, 5) is 11.5. The van der Waals surface area contributed by atoms with Crippen molar-refractivity contribution in [2.24, 2.45) is 0 Å². The van der Waals surface area contributed by atoms with E-state index in [-0.39, 0.29) is 18.6 Å². The van der Waals surface area contributed by atoms with Crippen molar-refractivity contribution in [3.8, 4) is 5.75 Å². The first-order valence-corrected chi connectivity index (χ1v) is 6.91. The Morgan fingerprint density at radius 3 is 2.70 bits per heavy atom. The lowest BCUT2D eigenvalue weighted by molar-refractivity contribution is -0.123. The Hall–Kier alpha value is -1.53. The summed E-state index contributed by atoms with van der Waals surface area (Å²) in [6, 6.07) is 5.40. The summed E-state index contributed by atoms with van der Waals surface area (Å²) in [5, 5.41) is 3.95. The van der Waals surface area contributed by atoms with Crippen LogP contribution < -0.4 is 20.9 Å². The largest absolute Gasteiger partial charge is 0.484 e. The summed E-state index contributed by atoms with van der Waals surface area (Å²) in [6.07, 6.45) is 0. The number of hydrogen-bond acceptors (Lipinski definition) is 3. The maximum absolute atomic E-state index is 11.5. The highest BCUT2D eigenvalue weighted by atomic mass is 35.5. The minimum Gasteiger partial charge on any atom is -0.484 e. The van der Waals surface area contributed by atoms with E-state index in [0.717, 1.165) is 5.56 Å². The number of rotatable bonds is 4. The van der Waals surface area contributed by atoms with E-state index in [1.165, 1.54) is 0 Å². The van der Waals surface area contributed by atoms with Crippen molar-refractivity contribution in [1.29, 1.82) is 0 Å². The van der Waals surface area contributed by atoms with Crippen molar-refractivity contribution < 1.29 is 9.53 Å². The molecule has 0 spiro atoms. The minimum absolute atomic E-state index is 0.113. The lowest BCUT2D eigenvalue weighted by Gasteiger charge is -2.14. The van der Waals surface area contributed by atoms with E-state index in [1.807, 2.05) is 20.8 Å². The van der Waals surface area contributed by atoms with E-state index >= 15 is 0 Å². The molecule has 7 heteroatoms. The number of amides is 1. The fourth-order valence-corrected chi connectivity index (χ4v) is 1.72. The van der Waals surface area contributed by atoms with Crippen LogP contribution in [-0.4, -0.2) is 23.7 Å². The summed E-state index contributed by atoms with van der Waals surface area (Å²) < 4.78 is 5.34. The highest BCUT2D eigenvalue weighted by molar-refractivity contribution is 7.80. The average molecular weight is 316 g/mol. The van der Waals surface area contributed by atoms with Gasteiger partial charge in [0.15, 0.2) is 11.7 Å². The van der Waals surface area contributed by atoms with Crippen LogP contribution in [-0.2, 0) is 4.79 Å². The summed E-state index contributed by atoms with van der Waals surface area (Å²) in [5.41, 5.74) is 5.92. The second-order valence-corrected chi connectivity index (χ2v) is 5.32. The molecule has 0 unspecified atom stereocenters. The van der Waals surface area contributed by atoms with Crippen LogP contribution in [0.5, 0.6) is 5.75 Å². The first-order valence-electron chi connectivity index (χ1n) is 6.12. The molecule has 1 aromatic carbocycles. The topological polar surface area (TPSA) is 62.4 Å². The first kappa shape index (κ1) is 16.5. The molecule has 110 valence electrons. The predicted molar refractivity (Wildman–Crippen MR) is 83.8 cm³/mol. The first-order chi connectivity index (χ1) is 9.38. The fraction of sp³-hybridized carbons (Fsp3) is 0.385. The van der Waals surface area contributed by atoms with Crippen molar-refractivity contribution in [3.63, 3.8) is 0 Å². The van der Waals surface area contributed by atoms with Crippen molar-refractivity contribution in [2.75, 3.05) is 6.61 Å². The molecule has 0 saturated carbocycles. The van der Waals surface area contributed by atoms with Gasteiger partial charge in [-0.15, -0.1) is 0 Å². The van der Waals surface area contributed by atoms with Crippen LogP contribution >= 0.6 is 23.8 Å². The molecule has 0 saturated heterocycles. The Bertz CT molecular complexity index is 495. The number of halogens is 1. The summed E-state index contributed by atoms with van der Waals surface area (Å²) in [7, 11) is 0. The molecule has 0 aliphatic rings. The highest BCUT2D eigenvalue weighted by Gasteiger charge is 2.05. The van der Waals surface area contributed by atoms with Crippen molar-refractivity contribution in [3.05, 3.63) is 28.8 Å². The molecule has 0 bridgehead atoms. The number of nitrogens with one attached hydrogen (secondary N) is 3. The Kier molecular flexibility index (Phi) is 6.54. The van der Waals surface area contributed by atoms with Gasteiger partial charge in [-0.05, 0) is 56.8 Å². The SMILES string of the molecule is Cc1cc(OCC(=O)NNC(=S)NC(C)C)ccc1Cl. The van der Waals surface area contributed by atoms with E-state index in [9.17, 15) is 4.79 Å². The zero-order chi connectivity index (χ0) is 15.1.